The number of hydrogen-bond acceptors (Lipinski definition) is 4. The largest absolute Gasteiger partial charge is 0.416 e. The van der Waals surface area contributed by atoms with Gasteiger partial charge < -0.3 is 4.90 Å². The minimum Gasteiger partial charge on any atom is -0.302 e. The van der Waals surface area contributed by atoms with Gasteiger partial charge in [-0.05, 0) is 68.4 Å². The smallest absolute Gasteiger partial charge is 0.302 e. The molecule has 0 saturated heterocycles. The maximum absolute atomic E-state index is 13.3. The molecule has 0 aliphatic rings. The molecule has 1 aromatic heterocycles. The number of anilines is 1. The van der Waals surface area contributed by atoms with E-state index in [1.54, 1.807) is 4.90 Å². The van der Waals surface area contributed by atoms with Crippen molar-refractivity contribution in [2.24, 2.45) is 0 Å². The second-order valence-corrected chi connectivity index (χ2v) is 8.49. The summed E-state index contributed by atoms with van der Waals surface area (Å²) in [6.07, 6.45) is -4.44. The molecule has 0 aliphatic heterocycles. The van der Waals surface area contributed by atoms with Crippen molar-refractivity contribution in [3.05, 3.63) is 58.7 Å². The Hall–Kier alpha value is -2.45. The van der Waals surface area contributed by atoms with Crippen molar-refractivity contribution in [1.29, 1.82) is 0 Å². The number of aromatic nitrogens is 1. The van der Waals surface area contributed by atoms with Crippen LogP contribution in [0.5, 0.6) is 0 Å². The number of carbonyl (C=O) groups excluding carboxylic acids is 1. The number of benzene rings is 2. The van der Waals surface area contributed by atoms with Gasteiger partial charge in [-0.25, -0.2) is 4.98 Å². The Balaban J connectivity index is 1.98. The molecule has 4 nitrogen and oxygen atoms in total. The van der Waals surface area contributed by atoms with Gasteiger partial charge in [-0.2, -0.15) is 13.2 Å². The number of aryl methyl sites for hydroxylation is 2. The third-order valence-electron chi connectivity index (χ3n) is 5.29. The van der Waals surface area contributed by atoms with Crippen LogP contribution in [0.15, 0.2) is 36.4 Å². The lowest BCUT2D eigenvalue weighted by molar-refractivity contribution is -0.137. The first-order valence-corrected chi connectivity index (χ1v) is 11.0. The highest BCUT2D eigenvalue weighted by Crippen LogP contribution is 2.33. The summed E-state index contributed by atoms with van der Waals surface area (Å²) in [5, 5.41) is 0.556. The van der Waals surface area contributed by atoms with E-state index in [1.165, 1.54) is 23.5 Å². The second kappa shape index (κ2) is 9.36. The molecule has 31 heavy (non-hydrogen) atoms. The van der Waals surface area contributed by atoms with Crippen molar-refractivity contribution in [1.82, 2.24) is 9.88 Å². The van der Waals surface area contributed by atoms with Gasteiger partial charge in [0, 0.05) is 18.7 Å². The van der Waals surface area contributed by atoms with Gasteiger partial charge in [0.05, 0.1) is 15.8 Å². The van der Waals surface area contributed by atoms with Crippen LogP contribution in [-0.2, 0) is 6.18 Å². The Labute approximate surface area is 184 Å². The van der Waals surface area contributed by atoms with E-state index in [0.717, 1.165) is 46.6 Å². The van der Waals surface area contributed by atoms with Crippen LogP contribution in [0.1, 0.15) is 40.9 Å². The maximum atomic E-state index is 13.3. The van der Waals surface area contributed by atoms with E-state index in [9.17, 15) is 18.0 Å². The number of carbonyl (C=O) groups is 1. The number of rotatable bonds is 7. The van der Waals surface area contributed by atoms with Crippen molar-refractivity contribution >= 4 is 32.6 Å². The van der Waals surface area contributed by atoms with Crippen molar-refractivity contribution in [3.63, 3.8) is 0 Å². The molecule has 3 rings (SSSR count). The molecular formula is C23H26F3N3OS. The van der Waals surface area contributed by atoms with Gasteiger partial charge in [0.1, 0.15) is 0 Å². The molecule has 0 fully saturated rings. The zero-order valence-corrected chi connectivity index (χ0v) is 18.9. The Bertz CT molecular complexity index is 1060. The van der Waals surface area contributed by atoms with E-state index in [0.29, 0.717) is 18.2 Å². The molecule has 0 spiro atoms. The van der Waals surface area contributed by atoms with Crippen molar-refractivity contribution < 1.29 is 18.0 Å². The van der Waals surface area contributed by atoms with Crippen LogP contribution in [0.25, 0.3) is 10.2 Å². The fourth-order valence-corrected chi connectivity index (χ4v) is 4.66. The molecule has 0 saturated carbocycles. The van der Waals surface area contributed by atoms with Crippen molar-refractivity contribution in [2.45, 2.75) is 33.9 Å². The summed E-state index contributed by atoms with van der Waals surface area (Å²) >= 11 is 1.43. The minimum absolute atomic E-state index is 0.208. The lowest BCUT2D eigenvalue weighted by Crippen LogP contribution is -2.38. The van der Waals surface area contributed by atoms with Gasteiger partial charge in [-0.15, -0.1) is 0 Å². The summed E-state index contributed by atoms with van der Waals surface area (Å²) in [4.78, 5) is 21.8. The summed E-state index contributed by atoms with van der Waals surface area (Å²) in [5.74, 6) is -0.352. The van der Waals surface area contributed by atoms with E-state index in [2.05, 4.69) is 18.7 Å². The predicted molar refractivity (Wildman–Crippen MR) is 120 cm³/mol. The van der Waals surface area contributed by atoms with E-state index in [1.807, 2.05) is 26.0 Å². The zero-order valence-electron chi connectivity index (χ0n) is 18.1. The molecule has 0 bridgehead atoms. The first-order chi connectivity index (χ1) is 14.6. The third kappa shape index (κ3) is 5.25. The molecule has 0 N–H and O–H groups in total. The first-order valence-electron chi connectivity index (χ1n) is 10.2. The van der Waals surface area contributed by atoms with Gasteiger partial charge in [0.2, 0.25) is 0 Å². The number of likely N-dealkylation sites (N-methyl/N-ethyl adjacent to an activating group) is 1. The van der Waals surface area contributed by atoms with Crippen LogP contribution < -0.4 is 4.90 Å². The SMILES string of the molecule is CCN(CC)CCN(C(=O)c1ccc(C(F)(F)F)cc1)c1nc2c(C)cc(C)cc2s1. The zero-order chi connectivity index (χ0) is 22.8. The average Bonchev–Trinajstić information content (AvgIpc) is 3.14. The predicted octanol–water partition coefficient (Wildman–Crippen LogP) is 5.92. The molecule has 1 heterocycles. The van der Waals surface area contributed by atoms with E-state index in [4.69, 9.17) is 4.98 Å². The van der Waals surface area contributed by atoms with Gasteiger partial charge >= 0.3 is 6.18 Å². The lowest BCUT2D eigenvalue weighted by atomic mass is 10.1. The first kappa shape index (κ1) is 23.2. The Morgan fingerprint density at radius 3 is 2.26 bits per heavy atom. The van der Waals surface area contributed by atoms with Gasteiger partial charge in [-0.1, -0.05) is 31.3 Å². The van der Waals surface area contributed by atoms with Crippen LogP contribution in [0.4, 0.5) is 18.3 Å². The number of thiazole rings is 1. The molecule has 166 valence electrons. The highest BCUT2D eigenvalue weighted by Gasteiger charge is 2.31. The van der Waals surface area contributed by atoms with Crippen molar-refractivity contribution in [2.75, 3.05) is 31.1 Å². The summed E-state index contributed by atoms with van der Waals surface area (Å²) in [7, 11) is 0. The summed E-state index contributed by atoms with van der Waals surface area (Å²) < 4.78 is 39.7. The Morgan fingerprint density at radius 1 is 1.03 bits per heavy atom. The highest BCUT2D eigenvalue weighted by atomic mass is 32.1. The standard InChI is InChI=1S/C23H26F3N3OS/c1-5-28(6-2)11-12-29(21(30)17-7-9-18(10-8-17)23(24,25)26)22-27-20-16(4)13-15(3)14-19(20)31-22/h7-10,13-14H,5-6,11-12H2,1-4H3. The molecule has 2 aromatic carbocycles. The van der Waals surface area contributed by atoms with Gasteiger partial charge in [-0.3, -0.25) is 9.69 Å². The maximum Gasteiger partial charge on any atom is 0.416 e. The molecule has 8 heteroatoms. The van der Waals surface area contributed by atoms with E-state index < -0.39 is 11.7 Å². The van der Waals surface area contributed by atoms with E-state index in [-0.39, 0.29) is 11.5 Å². The minimum atomic E-state index is -4.44. The fourth-order valence-electron chi connectivity index (χ4n) is 3.50. The molecular weight excluding hydrogens is 423 g/mol. The monoisotopic (exact) mass is 449 g/mol. The van der Waals surface area contributed by atoms with Crippen LogP contribution in [0, 0.1) is 13.8 Å². The fraction of sp³-hybridized carbons (Fsp3) is 0.391. The molecule has 0 aliphatic carbocycles. The lowest BCUT2D eigenvalue weighted by Gasteiger charge is -2.25. The Morgan fingerprint density at radius 2 is 1.68 bits per heavy atom. The Kier molecular flexibility index (Phi) is 7.01. The summed E-state index contributed by atoms with van der Waals surface area (Å²) in [6, 6.07) is 8.44. The number of hydrogen-bond donors (Lipinski definition) is 0. The molecule has 3 aromatic rings. The number of halogens is 3. The van der Waals surface area contributed by atoms with Crippen LogP contribution in [0.2, 0.25) is 0 Å². The summed E-state index contributed by atoms with van der Waals surface area (Å²) in [6.45, 7) is 10.8. The number of fused-ring (bicyclic) bond motifs is 1. The quantitative estimate of drug-likeness (QED) is 0.449. The van der Waals surface area contributed by atoms with Crippen LogP contribution in [0.3, 0.4) is 0 Å². The normalized spacial score (nSPS) is 12.0. The van der Waals surface area contributed by atoms with Gasteiger partial charge in [0.25, 0.3) is 5.91 Å². The highest BCUT2D eigenvalue weighted by molar-refractivity contribution is 7.22. The summed E-state index contributed by atoms with van der Waals surface area (Å²) in [5.41, 5.74) is 2.43. The van der Waals surface area contributed by atoms with Crippen molar-refractivity contribution in [3.8, 4) is 0 Å². The molecule has 0 unspecified atom stereocenters. The van der Waals surface area contributed by atoms with Crippen LogP contribution >= 0.6 is 11.3 Å². The second-order valence-electron chi connectivity index (χ2n) is 7.48. The number of nitrogens with zero attached hydrogens (tertiary/aromatic N) is 3. The van der Waals surface area contributed by atoms with Crippen LogP contribution in [-0.4, -0.2) is 42.0 Å². The number of alkyl halides is 3. The average molecular weight is 450 g/mol. The molecule has 0 radical (unpaired) electrons. The van der Waals surface area contributed by atoms with E-state index >= 15 is 0 Å². The third-order valence-corrected chi connectivity index (χ3v) is 6.31. The number of amides is 1. The van der Waals surface area contributed by atoms with Gasteiger partial charge in [0.15, 0.2) is 5.13 Å². The molecule has 0 atom stereocenters. The molecule has 1 amide bonds. The topological polar surface area (TPSA) is 36.4 Å².